The summed E-state index contributed by atoms with van der Waals surface area (Å²) in [5.74, 6) is 1.99. The molecule has 16 heavy (non-hydrogen) atoms. The minimum atomic E-state index is 0.265. The van der Waals surface area contributed by atoms with E-state index in [0.29, 0.717) is 11.8 Å². The summed E-state index contributed by atoms with van der Waals surface area (Å²) in [7, 11) is 0. The number of rotatable bonds is 4. The van der Waals surface area contributed by atoms with Crippen molar-refractivity contribution in [3.05, 3.63) is 23.5 Å². The van der Waals surface area contributed by atoms with Crippen LogP contribution in [-0.4, -0.2) is 11.1 Å². The van der Waals surface area contributed by atoms with Gasteiger partial charge in [0.1, 0.15) is 11.9 Å². The van der Waals surface area contributed by atoms with Gasteiger partial charge in [0.15, 0.2) is 0 Å². The summed E-state index contributed by atoms with van der Waals surface area (Å²) in [4.78, 5) is 4.35. The molecule has 1 aromatic heterocycles. The van der Waals surface area contributed by atoms with E-state index in [2.05, 4.69) is 32.7 Å². The van der Waals surface area contributed by atoms with Crippen LogP contribution >= 0.6 is 0 Å². The molecule has 0 aromatic carbocycles. The summed E-state index contributed by atoms with van der Waals surface area (Å²) >= 11 is 0. The molecule has 0 N–H and O–H groups in total. The summed E-state index contributed by atoms with van der Waals surface area (Å²) in [5, 5.41) is 0. The molecule has 0 fully saturated rings. The van der Waals surface area contributed by atoms with Crippen molar-refractivity contribution in [1.29, 1.82) is 0 Å². The molecule has 90 valence electrons. The minimum Gasteiger partial charge on any atom is -0.490 e. The monoisotopic (exact) mass is 221 g/mol. The maximum absolute atomic E-state index is 6.06. The molecule has 2 heteroatoms. The van der Waals surface area contributed by atoms with Crippen molar-refractivity contribution in [3.8, 4) is 5.75 Å². The molecule has 0 aliphatic heterocycles. The predicted molar refractivity (Wildman–Crippen MR) is 67.8 cm³/mol. The highest BCUT2D eigenvalue weighted by Gasteiger charge is 2.19. The van der Waals surface area contributed by atoms with Crippen LogP contribution in [0.3, 0.4) is 0 Å². The molecule has 0 aliphatic carbocycles. The molecule has 1 rings (SSSR count). The first kappa shape index (κ1) is 13.0. The number of hydrogen-bond donors (Lipinski definition) is 0. The van der Waals surface area contributed by atoms with Crippen LogP contribution in [-0.2, 0) is 0 Å². The highest BCUT2D eigenvalue weighted by atomic mass is 16.5. The van der Waals surface area contributed by atoms with Crippen molar-refractivity contribution in [2.45, 2.75) is 47.6 Å². The second kappa shape index (κ2) is 5.33. The van der Waals surface area contributed by atoms with Crippen LogP contribution in [0.2, 0.25) is 0 Å². The number of ether oxygens (including phenoxy) is 1. The Hall–Kier alpha value is -1.05. The molecule has 0 unspecified atom stereocenters. The van der Waals surface area contributed by atoms with Gasteiger partial charge in [-0.3, -0.25) is 4.98 Å². The fourth-order valence-electron chi connectivity index (χ4n) is 2.06. The summed E-state index contributed by atoms with van der Waals surface area (Å²) < 4.78 is 6.06. The van der Waals surface area contributed by atoms with E-state index in [1.165, 1.54) is 0 Å². The lowest BCUT2D eigenvalue weighted by atomic mass is 9.96. The van der Waals surface area contributed by atoms with Gasteiger partial charge in [0.2, 0.25) is 0 Å². The highest BCUT2D eigenvalue weighted by Crippen LogP contribution is 2.22. The number of hydrogen-bond acceptors (Lipinski definition) is 2. The normalized spacial score (nSPS) is 11.6. The van der Waals surface area contributed by atoms with Gasteiger partial charge in [-0.25, -0.2) is 0 Å². The van der Waals surface area contributed by atoms with E-state index in [1.54, 1.807) is 0 Å². The van der Waals surface area contributed by atoms with Gasteiger partial charge in [-0.15, -0.1) is 0 Å². The maximum atomic E-state index is 6.06. The Morgan fingerprint density at radius 1 is 0.938 bits per heavy atom. The van der Waals surface area contributed by atoms with E-state index in [4.69, 9.17) is 4.74 Å². The average Bonchev–Trinajstić information content (AvgIpc) is 2.11. The van der Waals surface area contributed by atoms with Gasteiger partial charge >= 0.3 is 0 Å². The molecular formula is C14H23NO. The van der Waals surface area contributed by atoms with Crippen molar-refractivity contribution in [3.63, 3.8) is 0 Å². The predicted octanol–water partition coefficient (Wildman–Crippen LogP) is 3.76. The van der Waals surface area contributed by atoms with Crippen LogP contribution in [0, 0.1) is 25.7 Å². The summed E-state index contributed by atoms with van der Waals surface area (Å²) in [6.45, 7) is 12.8. The van der Waals surface area contributed by atoms with Gasteiger partial charge < -0.3 is 4.74 Å². The van der Waals surface area contributed by atoms with E-state index < -0.39 is 0 Å². The molecule has 1 heterocycles. The molecular weight excluding hydrogens is 198 g/mol. The van der Waals surface area contributed by atoms with Gasteiger partial charge in [0.25, 0.3) is 0 Å². The third-order valence-electron chi connectivity index (χ3n) is 2.64. The van der Waals surface area contributed by atoms with E-state index >= 15 is 0 Å². The quantitative estimate of drug-likeness (QED) is 0.772. The molecule has 0 aliphatic rings. The van der Waals surface area contributed by atoms with Gasteiger partial charge in [0.05, 0.1) is 0 Å². The van der Waals surface area contributed by atoms with E-state index in [-0.39, 0.29) is 6.10 Å². The van der Waals surface area contributed by atoms with Gasteiger partial charge in [-0.2, -0.15) is 0 Å². The molecule has 0 amide bonds. The zero-order chi connectivity index (χ0) is 12.3. The van der Waals surface area contributed by atoms with Gasteiger partial charge in [-0.05, 0) is 25.7 Å². The van der Waals surface area contributed by atoms with Crippen LogP contribution < -0.4 is 4.74 Å². The van der Waals surface area contributed by atoms with Crippen molar-refractivity contribution < 1.29 is 4.74 Å². The lowest BCUT2D eigenvalue weighted by molar-refractivity contribution is 0.105. The molecule has 2 nitrogen and oxygen atoms in total. The third kappa shape index (κ3) is 3.51. The Morgan fingerprint density at radius 2 is 1.38 bits per heavy atom. The van der Waals surface area contributed by atoms with Crippen LogP contribution in [0.5, 0.6) is 5.75 Å². The van der Waals surface area contributed by atoms with E-state index in [9.17, 15) is 0 Å². The Balaban J connectivity index is 2.85. The smallest absolute Gasteiger partial charge is 0.123 e. The average molecular weight is 221 g/mol. The summed E-state index contributed by atoms with van der Waals surface area (Å²) in [6, 6.07) is 4.01. The van der Waals surface area contributed by atoms with Crippen LogP contribution in [0.1, 0.15) is 39.1 Å². The first-order chi connectivity index (χ1) is 7.40. The molecule has 1 aromatic rings. The Morgan fingerprint density at radius 3 is 1.75 bits per heavy atom. The molecule has 0 atom stereocenters. The van der Waals surface area contributed by atoms with Crippen molar-refractivity contribution >= 4 is 0 Å². The van der Waals surface area contributed by atoms with Crippen molar-refractivity contribution in [1.82, 2.24) is 4.98 Å². The minimum absolute atomic E-state index is 0.265. The maximum Gasteiger partial charge on any atom is 0.123 e. The highest BCUT2D eigenvalue weighted by molar-refractivity contribution is 5.26. The molecule has 0 saturated carbocycles. The topological polar surface area (TPSA) is 22.1 Å². The summed E-state index contributed by atoms with van der Waals surface area (Å²) in [6.07, 6.45) is 0.265. The second-order valence-corrected chi connectivity index (χ2v) is 5.16. The molecule has 0 bridgehead atoms. The van der Waals surface area contributed by atoms with E-state index in [0.717, 1.165) is 17.1 Å². The number of pyridine rings is 1. The van der Waals surface area contributed by atoms with Gasteiger partial charge in [0, 0.05) is 23.5 Å². The lowest BCUT2D eigenvalue weighted by Gasteiger charge is -2.26. The number of aromatic nitrogens is 1. The van der Waals surface area contributed by atoms with Crippen molar-refractivity contribution in [2.75, 3.05) is 0 Å². The number of aryl methyl sites for hydroxylation is 2. The van der Waals surface area contributed by atoms with Crippen LogP contribution in [0.4, 0.5) is 0 Å². The zero-order valence-corrected chi connectivity index (χ0v) is 11.2. The molecule has 0 spiro atoms. The first-order valence-electron chi connectivity index (χ1n) is 6.02. The standard InChI is InChI=1S/C14H23NO/c1-9(2)14(10(3)4)16-13-7-11(5)15-12(6)8-13/h7-10,14H,1-6H3. The Kier molecular flexibility index (Phi) is 4.34. The zero-order valence-electron chi connectivity index (χ0n) is 11.2. The SMILES string of the molecule is Cc1cc(OC(C(C)C)C(C)C)cc(C)n1. The fourth-order valence-corrected chi connectivity index (χ4v) is 2.06. The molecule has 0 radical (unpaired) electrons. The lowest BCUT2D eigenvalue weighted by Crippen LogP contribution is -2.29. The Bertz CT molecular complexity index is 316. The van der Waals surface area contributed by atoms with Gasteiger partial charge in [-0.1, -0.05) is 27.7 Å². The number of nitrogens with zero attached hydrogens (tertiary/aromatic N) is 1. The molecule has 0 saturated heterocycles. The Labute approximate surface area is 99.0 Å². The van der Waals surface area contributed by atoms with Crippen molar-refractivity contribution in [2.24, 2.45) is 11.8 Å². The van der Waals surface area contributed by atoms with Crippen LogP contribution in [0.15, 0.2) is 12.1 Å². The van der Waals surface area contributed by atoms with Crippen LogP contribution in [0.25, 0.3) is 0 Å². The first-order valence-corrected chi connectivity index (χ1v) is 6.02. The van der Waals surface area contributed by atoms with E-state index in [1.807, 2.05) is 26.0 Å². The largest absolute Gasteiger partial charge is 0.490 e. The fraction of sp³-hybridized carbons (Fsp3) is 0.643. The summed E-state index contributed by atoms with van der Waals surface area (Å²) in [5.41, 5.74) is 2.03. The third-order valence-corrected chi connectivity index (χ3v) is 2.64. The second-order valence-electron chi connectivity index (χ2n) is 5.16.